The third-order valence-electron chi connectivity index (χ3n) is 2.36. The summed E-state index contributed by atoms with van der Waals surface area (Å²) in [5, 5.41) is 0.867. The fourth-order valence-electron chi connectivity index (χ4n) is 1.75. The van der Waals surface area contributed by atoms with Crippen molar-refractivity contribution in [3.05, 3.63) is 35.0 Å². The van der Waals surface area contributed by atoms with Gasteiger partial charge in [0, 0.05) is 12.3 Å². The zero-order valence-corrected chi connectivity index (χ0v) is 9.28. The third kappa shape index (κ3) is 1.39. The molecule has 82 valence electrons. The first-order valence-corrected chi connectivity index (χ1v) is 5.01. The largest absolute Gasteiger partial charge is 0.364 e. The fourth-order valence-corrected chi connectivity index (χ4v) is 2.08. The highest BCUT2D eigenvalue weighted by Crippen LogP contribution is 2.30. The van der Waals surface area contributed by atoms with Gasteiger partial charge >= 0.3 is 0 Å². The number of amides is 1. The van der Waals surface area contributed by atoms with Crippen molar-refractivity contribution in [2.24, 2.45) is 5.73 Å². The summed E-state index contributed by atoms with van der Waals surface area (Å²) in [6.45, 7) is 1.36. The topological polar surface area (TPSA) is 65.1 Å². The standard InChI is InChI=1S/C11H9ClN2O2/c1-6(15)14-8-5-3-2-4-7(8)9(12)10(14)11(13)16/h2-5H,1H3,(H2,13,16). The van der Waals surface area contributed by atoms with E-state index in [0.717, 1.165) is 0 Å². The van der Waals surface area contributed by atoms with Crippen molar-refractivity contribution in [3.63, 3.8) is 0 Å². The molecule has 1 aromatic heterocycles. The summed E-state index contributed by atoms with van der Waals surface area (Å²) < 4.78 is 1.24. The van der Waals surface area contributed by atoms with Crippen molar-refractivity contribution in [1.82, 2.24) is 4.57 Å². The van der Waals surface area contributed by atoms with Crippen LogP contribution < -0.4 is 5.73 Å². The number of hydrogen-bond donors (Lipinski definition) is 1. The zero-order chi connectivity index (χ0) is 11.9. The van der Waals surface area contributed by atoms with Crippen molar-refractivity contribution in [2.75, 3.05) is 0 Å². The second-order valence-electron chi connectivity index (χ2n) is 3.40. The van der Waals surface area contributed by atoms with Crippen molar-refractivity contribution < 1.29 is 9.59 Å². The van der Waals surface area contributed by atoms with Crippen LogP contribution in [0.15, 0.2) is 24.3 Å². The number of nitrogens with zero attached hydrogens (tertiary/aromatic N) is 1. The Morgan fingerprint density at radius 3 is 2.50 bits per heavy atom. The lowest BCUT2D eigenvalue weighted by Crippen LogP contribution is -2.20. The summed E-state index contributed by atoms with van der Waals surface area (Å²) in [5.41, 5.74) is 5.85. The lowest BCUT2D eigenvalue weighted by molar-refractivity contribution is 0.0910. The van der Waals surface area contributed by atoms with Crippen LogP contribution in [0.3, 0.4) is 0 Å². The van der Waals surface area contributed by atoms with E-state index >= 15 is 0 Å². The minimum Gasteiger partial charge on any atom is -0.364 e. The zero-order valence-electron chi connectivity index (χ0n) is 8.53. The SMILES string of the molecule is CC(=O)n1c(C(N)=O)c(Cl)c2ccccc21. The second kappa shape index (κ2) is 3.64. The summed E-state index contributed by atoms with van der Waals surface area (Å²) in [6, 6.07) is 7.00. The maximum atomic E-state index is 11.5. The van der Waals surface area contributed by atoms with Crippen LogP contribution in [-0.4, -0.2) is 16.4 Å². The van der Waals surface area contributed by atoms with Crippen molar-refractivity contribution in [2.45, 2.75) is 6.92 Å². The van der Waals surface area contributed by atoms with Gasteiger partial charge in [0.15, 0.2) is 0 Å². The summed E-state index contributed by atoms with van der Waals surface area (Å²) in [7, 11) is 0. The minimum absolute atomic E-state index is 0.0374. The molecular formula is C11H9ClN2O2. The Morgan fingerprint density at radius 1 is 1.31 bits per heavy atom. The molecule has 1 heterocycles. The molecule has 1 aromatic carbocycles. The summed E-state index contributed by atoms with van der Waals surface area (Å²) in [6.07, 6.45) is 0. The van der Waals surface area contributed by atoms with E-state index in [1.165, 1.54) is 11.5 Å². The van der Waals surface area contributed by atoms with E-state index in [1.54, 1.807) is 24.3 Å². The first-order chi connectivity index (χ1) is 7.54. The number of carbonyl (C=O) groups is 2. The number of carbonyl (C=O) groups excluding carboxylic acids is 2. The molecule has 0 atom stereocenters. The fraction of sp³-hybridized carbons (Fsp3) is 0.0909. The van der Waals surface area contributed by atoms with Crippen LogP contribution in [0.5, 0.6) is 0 Å². The molecule has 0 aliphatic rings. The van der Waals surface area contributed by atoms with Gasteiger partial charge in [-0.05, 0) is 6.07 Å². The maximum Gasteiger partial charge on any atom is 0.267 e. The average Bonchev–Trinajstić information content (AvgIpc) is 2.53. The highest BCUT2D eigenvalue weighted by atomic mass is 35.5. The quantitative estimate of drug-likeness (QED) is 0.824. The number of aromatic nitrogens is 1. The lowest BCUT2D eigenvalue weighted by Gasteiger charge is -2.02. The molecule has 0 saturated carbocycles. The number of hydrogen-bond acceptors (Lipinski definition) is 2. The highest BCUT2D eigenvalue weighted by molar-refractivity contribution is 6.39. The van der Waals surface area contributed by atoms with E-state index in [9.17, 15) is 9.59 Å². The van der Waals surface area contributed by atoms with Crippen LogP contribution in [-0.2, 0) is 0 Å². The Hall–Kier alpha value is -1.81. The first-order valence-electron chi connectivity index (χ1n) is 4.63. The molecule has 0 aliphatic carbocycles. The van der Waals surface area contributed by atoms with Gasteiger partial charge in [-0.3, -0.25) is 14.2 Å². The highest BCUT2D eigenvalue weighted by Gasteiger charge is 2.21. The second-order valence-corrected chi connectivity index (χ2v) is 3.78. The number of primary amides is 1. The number of halogens is 1. The van der Waals surface area contributed by atoms with Crippen LogP contribution in [0.25, 0.3) is 10.9 Å². The van der Waals surface area contributed by atoms with Gasteiger partial charge in [-0.25, -0.2) is 0 Å². The van der Waals surface area contributed by atoms with Gasteiger partial charge in [-0.1, -0.05) is 29.8 Å². The Labute approximate surface area is 96.6 Å². The van der Waals surface area contributed by atoms with Crippen molar-refractivity contribution >= 4 is 34.3 Å². The monoisotopic (exact) mass is 236 g/mol. The molecule has 2 aromatic rings. The Kier molecular flexibility index (Phi) is 2.44. The molecule has 16 heavy (non-hydrogen) atoms. The molecule has 0 bridgehead atoms. The van der Waals surface area contributed by atoms with E-state index in [4.69, 9.17) is 17.3 Å². The van der Waals surface area contributed by atoms with E-state index in [0.29, 0.717) is 10.9 Å². The molecule has 0 unspecified atom stereocenters. The Morgan fingerprint density at radius 2 is 1.94 bits per heavy atom. The van der Waals surface area contributed by atoms with Crippen LogP contribution in [0.2, 0.25) is 5.02 Å². The number of para-hydroxylation sites is 1. The van der Waals surface area contributed by atoms with Gasteiger partial charge in [0.1, 0.15) is 5.69 Å². The summed E-state index contributed by atoms with van der Waals surface area (Å²) >= 11 is 6.03. The van der Waals surface area contributed by atoms with Gasteiger partial charge in [-0.15, -0.1) is 0 Å². The molecule has 4 nitrogen and oxygen atoms in total. The molecule has 0 radical (unpaired) electrons. The molecule has 0 spiro atoms. The molecule has 2 rings (SSSR count). The van der Waals surface area contributed by atoms with Gasteiger partial charge < -0.3 is 5.73 Å². The normalized spacial score (nSPS) is 10.6. The minimum atomic E-state index is -0.712. The predicted octanol–water partition coefficient (Wildman–Crippen LogP) is 2.05. The number of rotatable bonds is 1. The van der Waals surface area contributed by atoms with E-state index in [-0.39, 0.29) is 16.6 Å². The molecule has 1 amide bonds. The number of fused-ring (bicyclic) bond motifs is 1. The molecule has 2 N–H and O–H groups in total. The Balaban J connectivity index is 2.97. The summed E-state index contributed by atoms with van der Waals surface area (Å²) in [4.78, 5) is 22.8. The van der Waals surface area contributed by atoms with Crippen LogP contribution in [0.4, 0.5) is 0 Å². The lowest BCUT2D eigenvalue weighted by atomic mass is 10.2. The van der Waals surface area contributed by atoms with Crippen molar-refractivity contribution in [3.8, 4) is 0 Å². The molecular weight excluding hydrogens is 228 g/mol. The van der Waals surface area contributed by atoms with Crippen LogP contribution in [0, 0.1) is 0 Å². The third-order valence-corrected chi connectivity index (χ3v) is 2.74. The van der Waals surface area contributed by atoms with Gasteiger partial charge in [-0.2, -0.15) is 0 Å². The van der Waals surface area contributed by atoms with Crippen molar-refractivity contribution in [1.29, 1.82) is 0 Å². The number of nitrogens with two attached hydrogens (primary N) is 1. The molecule has 0 saturated heterocycles. The van der Waals surface area contributed by atoms with Crippen LogP contribution >= 0.6 is 11.6 Å². The predicted molar refractivity (Wildman–Crippen MR) is 61.8 cm³/mol. The average molecular weight is 237 g/mol. The molecule has 0 aliphatic heterocycles. The number of benzene rings is 1. The maximum absolute atomic E-state index is 11.5. The van der Waals surface area contributed by atoms with Crippen LogP contribution in [0.1, 0.15) is 22.2 Å². The van der Waals surface area contributed by atoms with Gasteiger partial charge in [0.2, 0.25) is 5.91 Å². The Bertz CT molecular complexity index is 601. The van der Waals surface area contributed by atoms with Gasteiger partial charge in [0.05, 0.1) is 10.5 Å². The smallest absolute Gasteiger partial charge is 0.267 e. The summed E-state index contributed by atoms with van der Waals surface area (Å²) in [5.74, 6) is -1.01. The molecule has 5 heteroatoms. The van der Waals surface area contributed by atoms with E-state index in [2.05, 4.69) is 0 Å². The van der Waals surface area contributed by atoms with E-state index < -0.39 is 5.91 Å². The van der Waals surface area contributed by atoms with Gasteiger partial charge in [0.25, 0.3) is 5.91 Å². The molecule has 0 fully saturated rings. The first kappa shape index (κ1) is 10.7. The van der Waals surface area contributed by atoms with E-state index in [1.807, 2.05) is 0 Å².